The van der Waals surface area contributed by atoms with Crippen LogP contribution in [0.1, 0.15) is 56.9 Å². The van der Waals surface area contributed by atoms with Crippen LogP contribution in [0, 0.1) is 19.1 Å². The van der Waals surface area contributed by atoms with E-state index in [1.807, 2.05) is 54.9 Å². The predicted octanol–water partition coefficient (Wildman–Crippen LogP) is 10.9. The topological polar surface area (TPSA) is 38.9 Å². The number of nitrogens with zero attached hydrogens (tertiary/aromatic N) is 2. The van der Waals surface area contributed by atoms with Gasteiger partial charge in [0.1, 0.15) is 5.58 Å². The number of rotatable bonds is 2. The Balaban J connectivity index is 0.000000162. The minimum atomic E-state index is -0.0432. The van der Waals surface area contributed by atoms with E-state index in [0.717, 1.165) is 44.5 Å². The van der Waals surface area contributed by atoms with E-state index in [0.29, 0.717) is 0 Å². The van der Waals surface area contributed by atoms with Crippen molar-refractivity contribution in [3.8, 4) is 33.6 Å². The van der Waals surface area contributed by atoms with Crippen LogP contribution < -0.4 is 0 Å². The summed E-state index contributed by atoms with van der Waals surface area (Å²) in [7, 11) is 0. The fraction of sp³-hybridized carbons (Fsp3) is 0.190. The number of hydrogen-bond donors (Lipinski definition) is 0. The zero-order chi connectivity index (χ0) is 31.3. The fourth-order valence-corrected chi connectivity index (χ4v) is 6.56. The molecule has 4 aromatic carbocycles. The SMILES string of the molecule is CC(C)(C)c1ccnc(-c2[c-]ccc3c2C(C)(C)c2ccccc2-3)c1.Cc1ccnc(-c2[c-]ccc3c2oc2ccccc23)c1.[Ir]. The fourth-order valence-electron chi connectivity index (χ4n) is 6.56. The molecule has 1 radical (unpaired) electrons. The van der Waals surface area contributed by atoms with Crippen molar-refractivity contribution in [3.05, 3.63) is 144 Å². The van der Waals surface area contributed by atoms with Gasteiger partial charge in [-0.15, -0.1) is 47.5 Å². The first-order chi connectivity index (χ1) is 21.6. The van der Waals surface area contributed by atoms with Gasteiger partial charge in [0.25, 0.3) is 0 Å². The predicted molar refractivity (Wildman–Crippen MR) is 185 cm³/mol. The third-order valence-corrected chi connectivity index (χ3v) is 8.90. The third-order valence-electron chi connectivity index (χ3n) is 8.90. The van der Waals surface area contributed by atoms with Crippen LogP contribution in [0.3, 0.4) is 0 Å². The Morgan fingerprint density at radius 3 is 2.15 bits per heavy atom. The van der Waals surface area contributed by atoms with E-state index in [9.17, 15) is 0 Å². The molecule has 3 aromatic heterocycles. The molecule has 0 N–H and O–H groups in total. The van der Waals surface area contributed by atoms with E-state index in [1.165, 1.54) is 33.4 Å². The Bertz CT molecular complexity index is 2200. The first-order valence-electron chi connectivity index (χ1n) is 15.5. The number of aromatic nitrogens is 2. The van der Waals surface area contributed by atoms with Gasteiger partial charge >= 0.3 is 0 Å². The summed E-state index contributed by atoms with van der Waals surface area (Å²) >= 11 is 0. The third kappa shape index (κ3) is 5.51. The molecule has 0 saturated carbocycles. The summed E-state index contributed by atoms with van der Waals surface area (Å²) < 4.78 is 6.01. The van der Waals surface area contributed by atoms with Gasteiger partial charge in [-0.25, -0.2) is 0 Å². The zero-order valence-electron chi connectivity index (χ0n) is 27.0. The van der Waals surface area contributed by atoms with Crippen LogP contribution in [0.2, 0.25) is 0 Å². The van der Waals surface area contributed by atoms with E-state index in [2.05, 4.69) is 113 Å². The van der Waals surface area contributed by atoms with Gasteiger partial charge in [0.15, 0.2) is 0 Å². The van der Waals surface area contributed by atoms with Crippen LogP contribution in [-0.2, 0) is 30.9 Å². The normalized spacial score (nSPS) is 13.0. The van der Waals surface area contributed by atoms with Gasteiger partial charge in [0.2, 0.25) is 0 Å². The van der Waals surface area contributed by atoms with Gasteiger partial charge < -0.3 is 14.4 Å². The molecule has 46 heavy (non-hydrogen) atoms. The molecule has 0 unspecified atom stereocenters. The largest absolute Gasteiger partial charge is 0.501 e. The van der Waals surface area contributed by atoms with E-state index < -0.39 is 0 Å². The van der Waals surface area contributed by atoms with Gasteiger partial charge in [0.05, 0.1) is 5.58 Å². The monoisotopic (exact) mass is 777 g/mol. The second-order valence-corrected chi connectivity index (χ2v) is 13.4. The molecular formula is C42H36IrN2O-2. The summed E-state index contributed by atoms with van der Waals surface area (Å²) in [5.74, 6) is 0. The smallest absolute Gasteiger partial charge is 0.120 e. The molecule has 1 aliphatic carbocycles. The van der Waals surface area contributed by atoms with Crippen molar-refractivity contribution in [1.82, 2.24) is 9.97 Å². The Hall–Kier alpha value is -4.37. The van der Waals surface area contributed by atoms with Crippen LogP contribution in [0.5, 0.6) is 0 Å². The quantitative estimate of drug-likeness (QED) is 0.164. The second-order valence-electron chi connectivity index (χ2n) is 13.4. The summed E-state index contributed by atoms with van der Waals surface area (Å²) in [6.07, 6.45) is 3.75. The van der Waals surface area contributed by atoms with Crippen molar-refractivity contribution in [2.75, 3.05) is 0 Å². The van der Waals surface area contributed by atoms with Crippen LogP contribution >= 0.6 is 0 Å². The molecular weight excluding hydrogens is 741 g/mol. The number of pyridine rings is 2. The molecule has 1 aliphatic rings. The number of benzene rings is 4. The van der Waals surface area contributed by atoms with Crippen molar-refractivity contribution in [2.45, 2.75) is 52.4 Å². The van der Waals surface area contributed by atoms with Gasteiger partial charge in [-0.1, -0.05) is 111 Å². The molecule has 0 aliphatic heterocycles. The summed E-state index contributed by atoms with van der Waals surface area (Å²) in [6.45, 7) is 13.4. The van der Waals surface area contributed by atoms with Crippen molar-refractivity contribution in [2.24, 2.45) is 0 Å². The maximum Gasteiger partial charge on any atom is 0.120 e. The van der Waals surface area contributed by atoms with E-state index in [-0.39, 0.29) is 30.9 Å². The van der Waals surface area contributed by atoms with Crippen LogP contribution in [0.15, 0.2) is 114 Å². The Labute approximate surface area is 285 Å². The zero-order valence-corrected chi connectivity index (χ0v) is 29.4. The maximum absolute atomic E-state index is 6.01. The van der Waals surface area contributed by atoms with Crippen molar-refractivity contribution in [3.63, 3.8) is 0 Å². The summed E-state index contributed by atoms with van der Waals surface area (Å²) in [5.41, 5.74) is 13.6. The average molecular weight is 777 g/mol. The number of hydrogen-bond acceptors (Lipinski definition) is 3. The van der Waals surface area contributed by atoms with E-state index in [1.54, 1.807) is 0 Å². The number of para-hydroxylation sites is 1. The molecule has 231 valence electrons. The van der Waals surface area contributed by atoms with Gasteiger partial charge in [-0.05, 0) is 64.0 Å². The van der Waals surface area contributed by atoms with E-state index >= 15 is 0 Å². The van der Waals surface area contributed by atoms with Gasteiger partial charge in [0, 0.05) is 37.9 Å². The minimum Gasteiger partial charge on any atom is -0.501 e. The van der Waals surface area contributed by atoms with Gasteiger partial charge in [-0.2, -0.15) is 0 Å². The molecule has 3 heterocycles. The Morgan fingerprint density at radius 2 is 1.37 bits per heavy atom. The standard InChI is InChI=1S/C24H24N.C18H12NO.Ir/c1-23(2,3)16-13-14-25-21(15-16)19-11-8-10-18-17-9-6-7-12-20(17)24(4,5)22(18)19;1-12-9-10-19-16(11-12)15-7-4-6-14-13-5-2-3-8-17(13)20-18(14)15;/h6-10,12-15H,1-5H3;2-6,8-11H,1H3;/q2*-1;. The Morgan fingerprint density at radius 1 is 0.696 bits per heavy atom. The van der Waals surface area contributed by atoms with Crippen molar-refractivity contribution in [1.29, 1.82) is 0 Å². The van der Waals surface area contributed by atoms with Gasteiger partial charge in [-0.3, -0.25) is 0 Å². The van der Waals surface area contributed by atoms with Crippen LogP contribution in [0.25, 0.3) is 55.6 Å². The van der Waals surface area contributed by atoms with Crippen LogP contribution in [-0.4, -0.2) is 9.97 Å². The molecule has 0 atom stereocenters. The molecule has 0 fully saturated rings. The first-order valence-corrected chi connectivity index (χ1v) is 15.5. The first kappa shape index (κ1) is 31.6. The maximum atomic E-state index is 6.01. The molecule has 0 bridgehead atoms. The number of furan rings is 1. The average Bonchev–Trinajstić information content (AvgIpc) is 3.54. The van der Waals surface area contributed by atoms with Crippen molar-refractivity contribution < 1.29 is 24.5 Å². The van der Waals surface area contributed by atoms with Crippen LogP contribution in [0.4, 0.5) is 0 Å². The molecule has 0 amide bonds. The molecule has 0 saturated heterocycles. The molecule has 3 nitrogen and oxygen atoms in total. The summed E-state index contributed by atoms with van der Waals surface area (Å²) in [6, 6.07) is 40.2. The molecule has 7 aromatic rings. The van der Waals surface area contributed by atoms with Crippen molar-refractivity contribution >= 4 is 21.9 Å². The molecule has 0 spiro atoms. The summed E-state index contributed by atoms with van der Waals surface area (Å²) in [4.78, 5) is 9.14. The minimum absolute atomic E-state index is 0. The second kappa shape index (κ2) is 12.1. The number of fused-ring (bicyclic) bond motifs is 6. The molecule has 4 heteroatoms. The molecule has 8 rings (SSSR count). The Kier molecular flexibility index (Phi) is 8.31. The number of aryl methyl sites for hydroxylation is 1. The summed E-state index contributed by atoms with van der Waals surface area (Å²) in [5, 5.41) is 2.24. The van der Waals surface area contributed by atoms with E-state index in [4.69, 9.17) is 9.40 Å².